The van der Waals surface area contributed by atoms with Crippen LogP contribution < -0.4 is 0 Å². The van der Waals surface area contributed by atoms with E-state index in [1.807, 2.05) is 72.5 Å². The normalized spacial score (nSPS) is 16.2. The van der Waals surface area contributed by atoms with E-state index in [4.69, 9.17) is 0 Å². The van der Waals surface area contributed by atoms with Crippen LogP contribution in [-0.2, 0) is 4.79 Å². The number of carbonyl (C=O) groups is 2. The van der Waals surface area contributed by atoms with Crippen molar-refractivity contribution in [3.8, 4) is 0 Å². The van der Waals surface area contributed by atoms with Crippen molar-refractivity contribution in [3.63, 3.8) is 0 Å². The highest BCUT2D eigenvalue weighted by molar-refractivity contribution is 7.99. The summed E-state index contributed by atoms with van der Waals surface area (Å²) in [4.78, 5) is 30.6. The van der Waals surface area contributed by atoms with Crippen molar-refractivity contribution in [2.24, 2.45) is 0 Å². The lowest BCUT2D eigenvalue weighted by Gasteiger charge is -2.37. The van der Waals surface area contributed by atoms with Crippen LogP contribution in [0.2, 0.25) is 0 Å². The van der Waals surface area contributed by atoms with Crippen LogP contribution in [-0.4, -0.2) is 59.0 Å². The van der Waals surface area contributed by atoms with Crippen LogP contribution >= 0.6 is 11.8 Å². The van der Waals surface area contributed by atoms with Gasteiger partial charge >= 0.3 is 0 Å². The molecular formula is C25H30N2O2S. The van der Waals surface area contributed by atoms with Crippen LogP contribution in [0.5, 0.6) is 0 Å². The third-order valence-corrected chi connectivity index (χ3v) is 6.30. The van der Waals surface area contributed by atoms with Gasteiger partial charge in [-0.3, -0.25) is 14.5 Å². The number of carbonyl (C=O) groups excluding carboxylic acids is 2. The minimum atomic E-state index is -0.189. The summed E-state index contributed by atoms with van der Waals surface area (Å²) in [6.07, 6.45) is 3.48. The van der Waals surface area contributed by atoms with E-state index in [1.54, 1.807) is 17.8 Å². The molecule has 1 saturated heterocycles. The van der Waals surface area contributed by atoms with E-state index >= 15 is 0 Å². The highest BCUT2D eigenvalue weighted by atomic mass is 32.2. The number of hydrogen-bond acceptors (Lipinski definition) is 4. The maximum atomic E-state index is 12.9. The largest absolute Gasteiger partial charge is 0.337 e. The Morgan fingerprint density at radius 3 is 2.13 bits per heavy atom. The van der Waals surface area contributed by atoms with Crippen LogP contribution in [0, 0.1) is 0 Å². The average Bonchev–Trinajstić information content (AvgIpc) is 2.77. The number of rotatable bonds is 7. The number of piperazine rings is 1. The molecule has 0 N–H and O–H groups in total. The second-order valence-corrected chi connectivity index (χ2v) is 9.49. The first kappa shape index (κ1) is 22.3. The Morgan fingerprint density at radius 1 is 0.900 bits per heavy atom. The van der Waals surface area contributed by atoms with Crippen molar-refractivity contribution in [1.29, 1.82) is 0 Å². The molecule has 1 heterocycles. The molecule has 4 nitrogen and oxygen atoms in total. The van der Waals surface area contributed by atoms with Gasteiger partial charge in [-0.25, -0.2) is 0 Å². The number of Topliss-reactive ketones (excluding diaryl/α,β-unsaturated/α-hetero) is 1. The van der Waals surface area contributed by atoms with E-state index in [0.717, 1.165) is 11.1 Å². The van der Waals surface area contributed by atoms with Gasteiger partial charge in [-0.05, 0) is 30.7 Å². The minimum absolute atomic E-state index is 0.0238. The highest BCUT2D eigenvalue weighted by Gasteiger charge is 2.27. The molecule has 1 aliphatic rings. The summed E-state index contributed by atoms with van der Waals surface area (Å²) in [5, 5.41) is 0.520. The van der Waals surface area contributed by atoms with Crippen molar-refractivity contribution in [2.75, 3.05) is 26.2 Å². The Morgan fingerprint density at radius 2 is 1.53 bits per heavy atom. The summed E-state index contributed by atoms with van der Waals surface area (Å²) in [7, 11) is 0. The lowest BCUT2D eigenvalue weighted by Crippen LogP contribution is -2.52. The van der Waals surface area contributed by atoms with Gasteiger partial charge in [0, 0.05) is 48.0 Å². The van der Waals surface area contributed by atoms with E-state index in [0.29, 0.717) is 31.4 Å². The predicted molar refractivity (Wildman–Crippen MR) is 125 cm³/mol. The smallest absolute Gasteiger partial charge is 0.246 e. The van der Waals surface area contributed by atoms with Gasteiger partial charge in [-0.1, -0.05) is 56.3 Å². The van der Waals surface area contributed by atoms with Crippen LogP contribution in [0.4, 0.5) is 0 Å². The molecule has 0 spiro atoms. The van der Waals surface area contributed by atoms with Gasteiger partial charge in [0.05, 0.1) is 6.04 Å². The molecule has 1 aliphatic heterocycles. The first-order valence-corrected chi connectivity index (χ1v) is 11.4. The van der Waals surface area contributed by atoms with Crippen LogP contribution in [0.1, 0.15) is 36.7 Å². The summed E-state index contributed by atoms with van der Waals surface area (Å²) in [5.41, 5.74) is 1.77. The zero-order chi connectivity index (χ0) is 21.5. The Bertz CT molecular complexity index is 870. The standard InChI is InChI=1S/C25H30N2O2S/c1-19(2)30-23-12-10-22(11-13-23)25(29)20(3)26-15-17-27(18-16-26)24(28)14-9-21-7-5-4-6-8-21/h4-14,19-20H,15-18H2,1-3H3. The van der Waals surface area contributed by atoms with E-state index < -0.39 is 0 Å². The molecule has 2 aromatic rings. The van der Waals surface area contributed by atoms with Gasteiger partial charge in [0.2, 0.25) is 5.91 Å². The van der Waals surface area contributed by atoms with Crippen molar-refractivity contribution >= 4 is 29.5 Å². The van der Waals surface area contributed by atoms with E-state index in [-0.39, 0.29) is 17.7 Å². The number of amides is 1. The first-order valence-electron chi connectivity index (χ1n) is 10.5. The van der Waals surface area contributed by atoms with E-state index in [2.05, 4.69) is 18.7 Å². The Hall–Kier alpha value is -2.37. The fraction of sp³-hybridized carbons (Fsp3) is 0.360. The van der Waals surface area contributed by atoms with Gasteiger partial charge < -0.3 is 4.90 Å². The quantitative estimate of drug-likeness (QED) is 0.371. The first-order chi connectivity index (χ1) is 14.4. The lowest BCUT2D eigenvalue weighted by atomic mass is 10.0. The van der Waals surface area contributed by atoms with Gasteiger partial charge in [-0.2, -0.15) is 0 Å². The monoisotopic (exact) mass is 422 g/mol. The van der Waals surface area contributed by atoms with Gasteiger partial charge in [0.25, 0.3) is 0 Å². The van der Waals surface area contributed by atoms with Crippen LogP contribution in [0.25, 0.3) is 6.08 Å². The molecule has 2 aromatic carbocycles. The molecule has 30 heavy (non-hydrogen) atoms. The number of nitrogens with zero attached hydrogens (tertiary/aromatic N) is 2. The molecule has 0 aromatic heterocycles. The number of benzene rings is 2. The van der Waals surface area contributed by atoms with Crippen LogP contribution in [0.3, 0.4) is 0 Å². The molecule has 1 fully saturated rings. The fourth-order valence-electron chi connectivity index (χ4n) is 3.54. The Kier molecular flexibility index (Phi) is 7.88. The van der Waals surface area contributed by atoms with Gasteiger partial charge in [-0.15, -0.1) is 11.8 Å². The van der Waals surface area contributed by atoms with Crippen molar-refractivity contribution in [3.05, 3.63) is 71.8 Å². The lowest BCUT2D eigenvalue weighted by molar-refractivity contribution is -0.127. The van der Waals surface area contributed by atoms with Crippen molar-refractivity contribution in [1.82, 2.24) is 9.80 Å². The van der Waals surface area contributed by atoms with Crippen molar-refractivity contribution < 1.29 is 9.59 Å². The number of ketones is 1. The minimum Gasteiger partial charge on any atom is -0.337 e. The maximum Gasteiger partial charge on any atom is 0.246 e. The summed E-state index contributed by atoms with van der Waals surface area (Å²) >= 11 is 1.80. The topological polar surface area (TPSA) is 40.6 Å². The Balaban J connectivity index is 1.52. The second-order valence-electron chi connectivity index (χ2n) is 7.84. The third kappa shape index (κ3) is 6.07. The molecule has 1 atom stereocenters. The predicted octanol–water partition coefficient (Wildman–Crippen LogP) is 4.62. The average molecular weight is 423 g/mol. The Labute approximate surface area is 184 Å². The maximum absolute atomic E-state index is 12.9. The SMILES string of the molecule is CC(C)Sc1ccc(C(=O)C(C)N2CCN(C(=O)C=Cc3ccccc3)CC2)cc1. The summed E-state index contributed by atoms with van der Waals surface area (Å²) in [5.74, 6) is 0.163. The van der Waals surface area contributed by atoms with E-state index in [9.17, 15) is 9.59 Å². The van der Waals surface area contributed by atoms with Gasteiger partial charge in [0.1, 0.15) is 0 Å². The third-order valence-electron chi connectivity index (χ3n) is 5.28. The number of thioether (sulfide) groups is 1. The van der Waals surface area contributed by atoms with E-state index in [1.165, 1.54) is 4.90 Å². The van der Waals surface area contributed by atoms with Crippen molar-refractivity contribution in [2.45, 2.75) is 37.0 Å². The molecule has 0 bridgehead atoms. The molecule has 0 radical (unpaired) electrons. The summed E-state index contributed by atoms with van der Waals surface area (Å²) in [6.45, 7) is 8.98. The molecule has 0 aliphatic carbocycles. The fourth-order valence-corrected chi connectivity index (χ4v) is 4.38. The summed E-state index contributed by atoms with van der Waals surface area (Å²) in [6, 6.07) is 17.5. The number of hydrogen-bond donors (Lipinski definition) is 0. The summed E-state index contributed by atoms with van der Waals surface area (Å²) < 4.78 is 0. The van der Waals surface area contributed by atoms with Gasteiger partial charge in [0.15, 0.2) is 5.78 Å². The molecule has 1 amide bonds. The highest BCUT2D eigenvalue weighted by Crippen LogP contribution is 2.23. The molecule has 1 unspecified atom stereocenters. The molecule has 0 saturated carbocycles. The van der Waals surface area contributed by atoms with Crippen LogP contribution in [0.15, 0.2) is 65.6 Å². The molecule has 3 rings (SSSR count). The molecule has 158 valence electrons. The zero-order valence-corrected chi connectivity index (χ0v) is 18.8. The zero-order valence-electron chi connectivity index (χ0n) is 18.0. The molecular weight excluding hydrogens is 392 g/mol. The second kappa shape index (κ2) is 10.6. The molecule has 5 heteroatoms.